The Bertz CT molecular complexity index is 491. The number of rotatable bonds is 3. The van der Waals surface area contributed by atoms with Crippen molar-refractivity contribution in [3.05, 3.63) is 34.9 Å². The Balaban J connectivity index is 2.10. The van der Waals surface area contributed by atoms with E-state index in [0.717, 1.165) is 31.2 Å². The summed E-state index contributed by atoms with van der Waals surface area (Å²) in [6, 6.07) is 7.70. The van der Waals surface area contributed by atoms with E-state index in [1.54, 1.807) is 0 Å². The minimum absolute atomic E-state index is 0.00555. The van der Waals surface area contributed by atoms with Crippen LogP contribution < -0.4 is 5.73 Å². The summed E-state index contributed by atoms with van der Waals surface area (Å²) in [5.74, 6) is 0.121. The van der Waals surface area contributed by atoms with Gasteiger partial charge in [-0.25, -0.2) is 0 Å². The van der Waals surface area contributed by atoms with Crippen LogP contribution in [0.4, 0.5) is 0 Å². The van der Waals surface area contributed by atoms with Crippen molar-refractivity contribution in [1.29, 1.82) is 0 Å². The molecule has 0 spiro atoms. The predicted octanol–water partition coefficient (Wildman–Crippen LogP) is 3.77. The summed E-state index contributed by atoms with van der Waals surface area (Å²) in [6.45, 7) is 2.03. The van der Waals surface area contributed by atoms with Crippen LogP contribution >= 0.6 is 11.6 Å². The molecule has 0 radical (unpaired) electrons. The van der Waals surface area contributed by atoms with Crippen molar-refractivity contribution in [2.75, 3.05) is 7.05 Å². The average Bonchev–Trinajstić information content (AvgIpc) is 2.69. The predicted molar refractivity (Wildman–Crippen MR) is 87.2 cm³/mol. The van der Waals surface area contributed by atoms with Crippen LogP contribution in [0.1, 0.15) is 50.6 Å². The first-order valence-electron chi connectivity index (χ1n) is 7.78. The Morgan fingerprint density at radius 3 is 2.76 bits per heavy atom. The molecule has 1 aromatic carbocycles. The lowest BCUT2D eigenvalue weighted by Gasteiger charge is -2.31. The topological polar surface area (TPSA) is 46.3 Å². The van der Waals surface area contributed by atoms with Gasteiger partial charge in [0.05, 0.1) is 12.0 Å². The van der Waals surface area contributed by atoms with E-state index in [1.165, 1.54) is 6.42 Å². The quantitative estimate of drug-likeness (QED) is 0.864. The first kappa shape index (κ1) is 16.3. The zero-order valence-corrected chi connectivity index (χ0v) is 13.6. The van der Waals surface area contributed by atoms with Gasteiger partial charge in [0, 0.05) is 18.1 Å². The van der Waals surface area contributed by atoms with E-state index in [2.05, 4.69) is 0 Å². The number of amides is 1. The molecule has 0 saturated heterocycles. The smallest absolute Gasteiger partial charge is 0.227 e. The summed E-state index contributed by atoms with van der Waals surface area (Å²) in [4.78, 5) is 14.6. The van der Waals surface area contributed by atoms with E-state index in [1.807, 2.05) is 43.1 Å². The zero-order chi connectivity index (χ0) is 15.4. The Hall–Kier alpha value is -1.06. The highest BCUT2D eigenvalue weighted by Crippen LogP contribution is 2.28. The standard InChI is InChI=1S/C17H25ClN2O/c1-12(13-7-6-8-14(18)11-13)20(2)17(21)15-9-4-3-5-10-16(15)19/h6-8,11-12,15-16H,3-5,9-10,19H2,1-2H3. The van der Waals surface area contributed by atoms with Crippen molar-refractivity contribution in [3.8, 4) is 0 Å². The summed E-state index contributed by atoms with van der Waals surface area (Å²) >= 11 is 6.04. The minimum Gasteiger partial charge on any atom is -0.339 e. The van der Waals surface area contributed by atoms with Gasteiger partial charge in [-0.1, -0.05) is 43.0 Å². The molecule has 1 amide bonds. The SMILES string of the molecule is CC(c1cccc(Cl)c1)N(C)C(=O)C1CCCCCC1N. The van der Waals surface area contributed by atoms with Crippen molar-refractivity contribution < 1.29 is 4.79 Å². The molecule has 3 nitrogen and oxygen atoms in total. The highest BCUT2D eigenvalue weighted by Gasteiger charge is 2.31. The van der Waals surface area contributed by atoms with Crippen LogP contribution in [0.2, 0.25) is 5.02 Å². The second-order valence-electron chi connectivity index (χ2n) is 6.09. The Kier molecular flexibility index (Phi) is 5.65. The molecule has 3 atom stereocenters. The highest BCUT2D eigenvalue weighted by molar-refractivity contribution is 6.30. The van der Waals surface area contributed by atoms with Crippen LogP contribution in [-0.4, -0.2) is 23.9 Å². The molecule has 116 valence electrons. The van der Waals surface area contributed by atoms with Crippen LogP contribution in [0.5, 0.6) is 0 Å². The molecule has 2 N–H and O–H groups in total. The Labute approximate surface area is 132 Å². The number of carbonyl (C=O) groups is 1. The van der Waals surface area contributed by atoms with E-state index in [0.29, 0.717) is 5.02 Å². The number of halogens is 1. The van der Waals surface area contributed by atoms with Crippen molar-refractivity contribution in [3.63, 3.8) is 0 Å². The first-order chi connectivity index (χ1) is 10.0. The van der Waals surface area contributed by atoms with E-state index in [4.69, 9.17) is 17.3 Å². The van der Waals surface area contributed by atoms with Gasteiger partial charge in [0.25, 0.3) is 0 Å². The number of nitrogens with two attached hydrogens (primary N) is 1. The van der Waals surface area contributed by atoms with Crippen LogP contribution in [-0.2, 0) is 4.79 Å². The molecule has 1 fully saturated rings. The van der Waals surface area contributed by atoms with Gasteiger partial charge in [0.2, 0.25) is 5.91 Å². The fraction of sp³-hybridized carbons (Fsp3) is 0.588. The lowest BCUT2D eigenvalue weighted by molar-refractivity contribution is -0.137. The molecule has 1 saturated carbocycles. The van der Waals surface area contributed by atoms with Gasteiger partial charge < -0.3 is 10.6 Å². The van der Waals surface area contributed by atoms with Crippen molar-refractivity contribution in [1.82, 2.24) is 4.90 Å². The minimum atomic E-state index is -0.0425. The first-order valence-corrected chi connectivity index (χ1v) is 8.16. The van der Waals surface area contributed by atoms with Crippen molar-refractivity contribution >= 4 is 17.5 Å². The van der Waals surface area contributed by atoms with E-state index in [9.17, 15) is 4.79 Å². The molecule has 21 heavy (non-hydrogen) atoms. The maximum absolute atomic E-state index is 12.8. The fourth-order valence-corrected chi connectivity index (χ4v) is 3.28. The van der Waals surface area contributed by atoms with Gasteiger partial charge in [-0.05, 0) is 37.5 Å². The fourth-order valence-electron chi connectivity index (χ4n) is 3.09. The molecular weight excluding hydrogens is 284 g/mol. The van der Waals surface area contributed by atoms with Crippen LogP contribution in [0.25, 0.3) is 0 Å². The van der Waals surface area contributed by atoms with Crippen LogP contribution in [0, 0.1) is 5.92 Å². The number of hydrogen-bond donors (Lipinski definition) is 1. The number of carbonyl (C=O) groups excluding carboxylic acids is 1. The lowest BCUT2D eigenvalue weighted by Crippen LogP contribution is -2.43. The molecular formula is C17H25ClN2O. The van der Waals surface area contributed by atoms with Gasteiger partial charge >= 0.3 is 0 Å². The lowest BCUT2D eigenvalue weighted by atomic mass is 9.93. The van der Waals surface area contributed by atoms with E-state index in [-0.39, 0.29) is 23.9 Å². The molecule has 0 aromatic heterocycles. The summed E-state index contributed by atoms with van der Waals surface area (Å²) in [7, 11) is 1.87. The second kappa shape index (κ2) is 7.28. The number of nitrogens with zero attached hydrogens (tertiary/aromatic N) is 1. The molecule has 0 aliphatic heterocycles. The molecule has 0 heterocycles. The normalized spacial score (nSPS) is 24.2. The summed E-state index contributed by atoms with van der Waals surface area (Å²) in [5.41, 5.74) is 7.27. The summed E-state index contributed by atoms with van der Waals surface area (Å²) in [5, 5.41) is 0.700. The van der Waals surface area contributed by atoms with Gasteiger partial charge in [0.15, 0.2) is 0 Å². The molecule has 1 aliphatic rings. The zero-order valence-electron chi connectivity index (χ0n) is 12.9. The van der Waals surface area contributed by atoms with Crippen molar-refractivity contribution in [2.24, 2.45) is 11.7 Å². The summed E-state index contributed by atoms with van der Waals surface area (Å²) in [6.07, 6.45) is 5.29. The number of benzene rings is 1. The van der Waals surface area contributed by atoms with Gasteiger partial charge in [-0.15, -0.1) is 0 Å². The summed E-state index contributed by atoms with van der Waals surface area (Å²) < 4.78 is 0. The second-order valence-corrected chi connectivity index (χ2v) is 6.52. The Morgan fingerprint density at radius 2 is 2.05 bits per heavy atom. The van der Waals surface area contributed by atoms with Crippen molar-refractivity contribution in [2.45, 2.75) is 51.1 Å². The Morgan fingerprint density at radius 1 is 1.33 bits per heavy atom. The largest absolute Gasteiger partial charge is 0.339 e. The van der Waals surface area contributed by atoms with E-state index >= 15 is 0 Å². The molecule has 3 unspecified atom stereocenters. The van der Waals surface area contributed by atoms with Gasteiger partial charge in [0.1, 0.15) is 0 Å². The molecule has 1 aliphatic carbocycles. The average molecular weight is 309 g/mol. The third kappa shape index (κ3) is 3.98. The number of hydrogen-bond acceptors (Lipinski definition) is 2. The molecule has 2 rings (SSSR count). The monoisotopic (exact) mass is 308 g/mol. The maximum atomic E-state index is 12.8. The highest BCUT2D eigenvalue weighted by atomic mass is 35.5. The van der Waals surface area contributed by atoms with Gasteiger partial charge in [-0.3, -0.25) is 4.79 Å². The molecule has 1 aromatic rings. The van der Waals surface area contributed by atoms with Gasteiger partial charge in [-0.2, -0.15) is 0 Å². The third-order valence-electron chi connectivity index (χ3n) is 4.65. The van der Waals surface area contributed by atoms with Crippen LogP contribution in [0.3, 0.4) is 0 Å². The van der Waals surface area contributed by atoms with Crippen LogP contribution in [0.15, 0.2) is 24.3 Å². The van der Waals surface area contributed by atoms with E-state index < -0.39 is 0 Å². The molecule has 4 heteroatoms. The maximum Gasteiger partial charge on any atom is 0.227 e. The third-order valence-corrected chi connectivity index (χ3v) is 4.88. The molecule has 0 bridgehead atoms.